The Kier molecular flexibility index (Phi) is 1.41. The second-order valence-electron chi connectivity index (χ2n) is 2.39. The molecule has 2 aromatic heterocycles. The first-order chi connectivity index (χ1) is 5.66. The predicted molar refractivity (Wildman–Crippen MR) is 45.8 cm³/mol. The largest absolute Gasteiger partial charge is 0.368 e. The highest BCUT2D eigenvalue weighted by atomic mass is 35.5. The molecule has 6 heteroatoms. The number of nitrogens with one attached hydrogen (secondary N) is 1. The maximum absolute atomic E-state index is 5.77. The number of halogens is 1. The van der Waals surface area contributed by atoms with Crippen LogP contribution in [0.1, 0.15) is 5.82 Å². The average Bonchev–Trinajstić information content (AvgIpc) is 2.29. The van der Waals surface area contributed by atoms with Crippen LogP contribution in [0.4, 0.5) is 5.95 Å². The Bertz CT molecular complexity index is 435. The lowest BCUT2D eigenvalue weighted by Gasteiger charge is -1.92. The molecule has 62 valence electrons. The van der Waals surface area contributed by atoms with Crippen molar-refractivity contribution in [2.45, 2.75) is 6.92 Å². The van der Waals surface area contributed by atoms with Gasteiger partial charge in [-0.25, -0.2) is 4.98 Å². The van der Waals surface area contributed by atoms with E-state index in [0.29, 0.717) is 16.3 Å². The smallest absolute Gasteiger partial charge is 0.223 e. The fourth-order valence-corrected chi connectivity index (χ4v) is 1.21. The molecule has 0 aliphatic rings. The fourth-order valence-electron chi connectivity index (χ4n) is 0.994. The number of aryl methyl sites for hydroxylation is 1. The minimum atomic E-state index is 0.138. The number of nitrogens with zero attached hydrogens (tertiary/aromatic N) is 3. The zero-order chi connectivity index (χ0) is 8.72. The van der Waals surface area contributed by atoms with Crippen LogP contribution in [0.15, 0.2) is 0 Å². The third-order valence-corrected chi connectivity index (χ3v) is 1.72. The van der Waals surface area contributed by atoms with Gasteiger partial charge in [-0.3, -0.25) is 0 Å². The van der Waals surface area contributed by atoms with Crippen molar-refractivity contribution in [3.05, 3.63) is 11.0 Å². The van der Waals surface area contributed by atoms with Crippen molar-refractivity contribution in [1.82, 2.24) is 19.9 Å². The molecule has 0 atom stereocenters. The van der Waals surface area contributed by atoms with E-state index in [1.165, 1.54) is 0 Å². The molecule has 3 N–H and O–H groups in total. The van der Waals surface area contributed by atoms with E-state index >= 15 is 0 Å². The van der Waals surface area contributed by atoms with E-state index in [4.69, 9.17) is 17.3 Å². The van der Waals surface area contributed by atoms with Gasteiger partial charge in [0.1, 0.15) is 11.3 Å². The van der Waals surface area contributed by atoms with Crippen LogP contribution in [0, 0.1) is 6.92 Å². The number of aromatic nitrogens is 4. The van der Waals surface area contributed by atoms with Gasteiger partial charge in [0.15, 0.2) is 10.8 Å². The highest BCUT2D eigenvalue weighted by Crippen LogP contribution is 2.17. The van der Waals surface area contributed by atoms with Gasteiger partial charge in [-0.05, 0) is 6.92 Å². The Labute approximate surface area is 73.0 Å². The first-order valence-electron chi connectivity index (χ1n) is 3.32. The number of imidazole rings is 1. The second-order valence-corrected chi connectivity index (χ2v) is 2.75. The van der Waals surface area contributed by atoms with Gasteiger partial charge in [0, 0.05) is 0 Å². The monoisotopic (exact) mass is 183 g/mol. The van der Waals surface area contributed by atoms with E-state index in [-0.39, 0.29) is 5.95 Å². The highest BCUT2D eigenvalue weighted by Gasteiger charge is 2.06. The van der Waals surface area contributed by atoms with Gasteiger partial charge in [-0.15, -0.1) is 0 Å². The average molecular weight is 184 g/mol. The molecule has 0 aliphatic heterocycles. The lowest BCUT2D eigenvalue weighted by molar-refractivity contribution is 1.16. The summed E-state index contributed by atoms with van der Waals surface area (Å²) in [6.45, 7) is 1.81. The summed E-state index contributed by atoms with van der Waals surface area (Å²) >= 11 is 5.77. The normalized spacial score (nSPS) is 10.8. The van der Waals surface area contributed by atoms with Crippen LogP contribution in [-0.2, 0) is 0 Å². The number of nitrogen functional groups attached to an aromatic ring is 1. The minimum Gasteiger partial charge on any atom is -0.368 e. The summed E-state index contributed by atoms with van der Waals surface area (Å²) in [5, 5.41) is 0.304. The van der Waals surface area contributed by atoms with Crippen molar-refractivity contribution < 1.29 is 0 Å². The van der Waals surface area contributed by atoms with Crippen LogP contribution < -0.4 is 5.73 Å². The number of aromatic amines is 1. The summed E-state index contributed by atoms with van der Waals surface area (Å²) in [7, 11) is 0. The molecule has 0 fully saturated rings. The molecule has 2 heterocycles. The molecule has 0 spiro atoms. The number of hydrogen-bond acceptors (Lipinski definition) is 4. The number of anilines is 1. The standard InChI is InChI=1S/C6H6ClN5/c1-2-9-3-4(7)11-6(8)12-5(3)10-2/h1H3,(H3,8,9,10,11,12). The number of hydrogen-bond donors (Lipinski definition) is 2. The molecule has 12 heavy (non-hydrogen) atoms. The van der Waals surface area contributed by atoms with Crippen molar-refractivity contribution >= 4 is 28.7 Å². The maximum atomic E-state index is 5.77. The molecule has 0 radical (unpaired) electrons. The van der Waals surface area contributed by atoms with Crippen LogP contribution >= 0.6 is 11.6 Å². The summed E-state index contributed by atoms with van der Waals surface area (Å²) in [5.41, 5.74) is 6.51. The third-order valence-electron chi connectivity index (χ3n) is 1.44. The quantitative estimate of drug-likeness (QED) is 0.595. The first kappa shape index (κ1) is 7.30. The van der Waals surface area contributed by atoms with Crippen LogP contribution in [0.25, 0.3) is 11.2 Å². The second kappa shape index (κ2) is 2.31. The summed E-state index contributed by atoms with van der Waals surface area (Å²) in [6, 6.07) is 0. The van der Waals surface area contributed by atoms with E-state index in [2.05, 4.69) is 19.9 Å². The molecule has 2 rings (SSSR count). The maximum Gasteiger partial charge on any atom is 0.223 e. The zero-order valence-corrected chi connectivity index (χ0v) is 7.05. The Morgan fingerprint density at radius 2 is 2.08 bits per heavy atom. The Morgan fingerprint density at radius 1 is 1.33 bits per heavy atom. The van der Waals surface area contributed by atoms with Gasteiger partial charge in [0.25, 0.3) is 0 Å². The van der Waals surface area contributed by atoms with Crippen LogP contribution in [-0.4, -0.2) is 19.9 Å². The highest BCUT2D eigenvalue weighted by molar-refractivity contribution is 6.33. The van der Waals surface area contributed by atoms with Gasteiger partial charge < -0.3 is 10.7 Å². The fraction of sp³-hybridized carbons (Fsp3) is 0.167. The van der Waals surface area contributed by atoms with Gasteiger partial charge in [-0.1, -0.05) is 11.6 Å². The molecule has 5 nitrogen and oxygen atoms in total. The van der Waals surface area contributed by atoms with E-state index in [1.54, 1.807) is 0 Å². The minimum absolute atomic E-state index is 0.138. The van der Waals surface area contributed by atoms with Crippen molar-refractivity contribution in [2.75, 3.05) is 5.73 Å². The molecule has 0 aromatic carbocycles. The summed E-state index contributed by atoms with van der Waals surface area (Å²) in [4.78, 5) is 14.7. The van der Waals surface area contributed by atoms with Crippen LogP contribution in [0.5, 0.6) is 0 Å². The van der Waals surface area contributed by atoms with Gasteiger partial charge in [0.05, 0.1) is 0 Å². The SMILES string of the molecule is Cc1nc2nc(N)nc(Cl)c2[nH]1. The predicted octanol–water partition coefficient (Wildman–Crippen LogP) is 0.897. The number of H-pyrrole nitrogens is 1. The number of rotatable bonds is 0. The lowest BCUT2D eigenvalue weighted by Crippen LogP contribution is -1.94. The van der Waals surface area contributed by atoms with Gasteiger partial charge >= 0.3 is 0 Å². The van der Waals surface area contributed by atoms with E-state index in [1.807, 2.05) is 6.92 Å². The van der Waals surface area contributed by atoms with Crippen LogP contribution in [0.2, 0.25) is 5.15 Å². The van der Waals surface area contributed by atoms with Crippen molar-refractivity contribution in [3.63, 3.8) is 0 Å². The molecule has 0 aliphatic carbocycles. The van der Waals surface area contributed by atoms with E-state index in [9.17, 15) is 0 Å². The molecule has 0 saturated heterocycles. The van der Waals surface area contributed by atoms with Gasteiger partial charge in [0.2, 0.25) is 5.95 Å². The van der Waals surface area contributed by atoms with Crippen LogP contribution in [0.3, 0.4) is 0 Å². The summed E-state index contributed by atoms with van der Waals surface area (Å²) < 4.78 is 0. The Hall–Kier alpha value is -1.36. The summed E-state index contributed by atoms with van der Waals surface area (Å²) in [5.74, 6) is 0.880. The van der Waals surface area contributed by atoms with Crippen molar-refractivity contribution in [3.8, 4) is 0 Å². The molecule has 0 saturated carbocycles. The van der Waals surface area contributed by atoms with Crippen molar-refractivity contribution in [1.29, 1.82) is 0 Å². The third kappa shape index (κ3) is 0.984. The van der Waals surface area contributed by atoms with E-state index in [0.717, 1.165) is 5.82 Å². The number of nitrogens with two attached hydrogens (primary N) is 1. The van der Waals surface area contributed by atoms with Gasteiger partial charge in [-0.2, -0.15) is 9.97 Å². The molecule has 0 bridgehead atoms. The Balaban J connectivity index is 2.88. The molecular formula is C6H6ClN5. The molecule has 0 amide bonds. The van der Waals surface area contributed by atoms with Crippen molar-refractivity contribution in [2.24, 2.45) is 0 Å². The Morgan fingerprint density at radius 3 is 2.83 bits per heavy atom. The van der Waals surface area contributed by atoms with E-state index < -0.39 is 0 Å². The zero-order valence-electron chi connectivity index (χ0n) is 6.30. The first-order valence-corrected chi connectivity index (χ1v) is 3.70. The molecule has 2 aromatic rings. The number of fused-ring (bicyclic) bond motifs is 1. The molecule has 0 unspecified atom stereocenters. The summed E-state index contributed by atoms with van der Waals surface area (Å²) in [6.07, 6.45) is 0. The topological polar surface area (TPSA) is 80.5 Å². The molecular weight excluding hydrogens is 178 g/mol. The lowest BCUT2D eigenvalue weighted by atomic mass is 10.6.